The van der Waals surface area contributed by atoms with Crippen molar-refractivity contribution in [1.29, 1.82) is 0 Å². The van der Waals surface area contributed by atoms with Crippen LogP contribution in [0.25, 0.3) is 16.7 Å². The van der Waals surface area contributed by atoms with E-state index in [1.165, 1.54) is 13.2 Å². The predicted molar refractivity (Wildman–Crippen MR) is 87.4 cm³/mol. The summed E-state index contributed by atoms with van der Waals surface area (Å²) in [5.74, 6) is -1.45. The van der Waals surface area contributed by atoms with Gasteiger partial charge < -0.3 is 9.84 Å². The molecule has 0 bridgehead atoms. The second kappa shape index (κ2) is 5.39. The molecule has 0 aliphatic heterocycles. The van der Waals surface area contributed by atoms with Crippen LogP contribution in [0.5, 0.6) is 0 Å². The number of methoxy groups -OCH3 is 1. The predicted octanol–water partition coefficient (Wildman–Crippen LogP) is 3.59. The molecule has 0 aromatic heterocycles. The minimum absolute atomic E-state index is 0.407. The number of aliphatic carboxylic acids is 1. The maximum absolute atomic E-state index is 11.8. The van der Waals surface area contributed by atoms with Crippen molar-refractivity contribution in [2.45, 2.75) is 13.8 Å². The van der Waals surface area contributed by atoms with E-state index in [0.717, 1.165) is 33.4 Å². The Balaban J connectivity index is 2.32. The molecule has 4 nitrogen and oxygen atoms in total. The largest absolute Gasteiger partial charge is 0.478 e. The van der Waals surface area contributed by atoms with Crippen LogP contribution in [0.4, 0.5) is 0 Å². The highest BCUT2D eigenvalue weighted by Crippen LogP contribution is 2.46. The van der Waals surface area contributed by atoms with Gasteiger partial charge in [-0.2, -0.15) is 0 Å². The molecule has 2 aromatic carbocycles. The normalized spacial score (nSPS) is 13.6. The molecule has 0 radical (unpaired) electrons. The highest BCUT2D eigenvalue weighted by Gasteiger charge is 2.27. The van der Waals surface area contributed by atoms with E-state index in [9.17, 15) is 14.7 Å². The Morgan fingerprint density at radius 3 is 2.43 bits per heavy atom. The average molecular weight is 308 g/mol. The Kier molecular flexibility index (Phi) is 3.52. The minimum atomic E-state index is -1.01. The Bertz CT molecular complexity index is 875. The minimum Gasteiger partial charge on any atom is -0.478 e. The van der Waals surface area contributed by atoms with E-state index in [1.54, 1.807) is 12.1 Å². The summed E-state index contributed by atoms with van der Waals surface area (Å²) in [6.07, 6.45) is 1.20. The van der Waals surface area contributed by atoms with Gasteiger partial charge in [-0.05, 0) is 59.4 Å². The number of carboxylic acid groups (broad SMARTS) is 1. The fourth-order valence-electron chi connectivity index (χ4n) is 3.19. The van der Waals surface area contributed by atoms with Gasteiger partial charge in [0.15, 0.2) is 0 Å². The molecule has 0 saturated carbocycles. The molecule has 2 aromatic rings. The fraction of sp³-hybridized carbons (Fsp3) is 0.158. The van der Waals surface area contributed by atoms with Gasteiger partial charge in [-0.15, -0.1) is 0 Å². The number of hydrogen-bond acceptors (Lipinski definition) is 3. The van der Waals surface area contributed by atoms with Crippen LogP contribution in [-0.2, 0) is 9.53 Å². The van der Waals surface area contributed by atoms with Crippen molar-refractivity contribution in [2.75, 3.05) is 7.11 Å². The quantitative estimate of drug-likeness (QED) is 0.580. The van der Waals surface area contributed by atoms with Crippen LogP contribution in [-0.4, -0.2) is 24.2 Å². The van der Waals surface area contributed by atoms with Gasteiger partial charge in [0.1, 0.15) is 0 Å². The number of esters is 1. The topological polar surface area (TPSA) is 63.6 Å². The molecular formula is C19H16O4. The van der Waals surface area contributed by atoms with Gasteiger partial charge in [-0.3, -0.25) is 0 Å². The van der Waals surface area contributed by atoms with Gasteiger partial charge in [-0.1, -0.05) is 23.8 Å². The van der Waals surface area contributed by atoms with Gasteiger partial charge >= 0.3 is 11.9 Å². The molecule has 1 aliphatic carbocycles. The third-order valence-electron chi connectivity index (χ3n) is 4.04. The van der Waals surface area contributed by atoms with Crippen LogP contribution >= 0.6 is 0 Å². The van der Waals surface area contributed by atoms with Gasteiger partial charge in [0.2, 0.25) is 0 Å². The molecule has 1 aliphatic rings. The Labute approximate surface area is 134 Å². The van der Waals surface area contributed by atoms with Crippen molar-refractivity contribution < 1.29 is 19.4 Å². The summed E-state index contributed by atoms with van der Waals surface area (Å²) in [6.45, 7) is 3.98. The zero-order chi connectivity index (χ0) is 16.7. The number of carboxylic acids is 1. The number of ether oxygens (including phenoxy) is 1. The van der Waals surface area contributed by atoms with Crippen LogP contribution in [0.2, 0.25) is 0 Å². The van der Waals surface area contributed by atoms with E-state index in [-0.39, 0.29) is 0 Å². The molecule has 3 rings (SSSR count). The third-order valence-corrected chi connectivity index (χ3v) is 4.04. The molecule has 0 heterocycles. The van der Waals surface area contributed by atoms with Crippen LogP contribution in [0.3, 0.4) is 0 Å². The van der Waals surface area contributed by atoms with Gasteiger partial charge in [0.05, 0.1) is 12.7 Å². The monoisotopic (exact) mass is 308 g/mol. The maximum atomic E-state index is 11.8. The Morgan fingerprint density at radius 1 is 1.04 bits per heavy atom. The van der Waals surface area contributed by atoms with Crippen LogP contribution < -0.4 is 0 Å². The number of fused-ring (bicyclic) bond motifs is 3. The van der Waals surface area contributed by atoms with Crippen LogP contribution in [0.15, 0.2) is 36.4 Å². The summed E-state index contributed by atoms with van der Waals surface area (Å²) < 4.78 is 4.76. The SMILES string of the molecule is COC(=O)c1ccc2c(c1)/C(=C/C(=O)O)c1c(C)cc(C)cc1-2. The van der Waals surface area contributed by atoms with E-state index >= 15 is 0 Å². The molecule has 0 saturated heterocycles. The van der Waals surface area contributed by atoms with E-state index in [4.69, 9.17) is 4.74 Å². The number of carbonyl (C=O) groups is 2. The second-order valence-electron chi connectivity index (χ2n) is 5.65. The van der Waals surface area contributed by atoms with Crippen molar-refractivity contribution in [3.05, 3.63) is 64.2 Å². The highest BCUT2D eigenvalue weighted by atomic mass is 16.5. The van der Waals surface area contributed by atoms with Gasteiger partial charge in [0.25, 0.3) is 0 Å². The zero-order valence-corrected chi connectivity index (χ0v) is 13.1. The summed E-state index contributed by atoms with van der Waals surface area (Å²) in [5, 5.41) is 9.23. The van der Waals surface area contributed by atoms with Crippen molar-refractivity contribution in [3.8, 4) is 11.1 Å². The van der Waals surface area contributed by atoms with Crippen LogP contribution in [0, 0.1) is 13.8 Å². The molecule has 0 spiro atoms. The lowest BCUT2D eigenvalue weighted by atomic mass is 9.97. The first-order chi connectivity index (χ1) is 10.9. The van der Waals surface area contributed by atoms with Gasteiger partial charge in [-0.25, -0.2) is 9.59 Å². The summed E-state index contributed by atoms with van der Waals surface area (Å²) in [5.41, 5.74) is 6.77. The number of carbonyl (C=O) groups excluding carboxylic acids is 1. The third kappa shape index (κ3) is 2.42. The number of aryl methyl sites for hydroxylation is 2. The first kappa shape index (κ1) is 15.0. The van der Waals surface area contributed by atoms with E-state index in [0.29, 0.717) is 11.1 Å². The molecule has 116 valence electrons. The molecule has 0 amide bonds. The molecule has 0 fully saturated rings. The lowest BCUT2D eigenvalue weighted by Crippen LogP contribution is -2.01. The van der Waals surface area contributed by atoms with E-state index < -0.39 is 11.9 Å². The Morgan fingerprint density at radius 2 is 1.78 bits per heavy atom. The smallest absolute Gasteiger partial charge is 0.337 e. The van der Waals surface area contributed by atoms with E-state index in [1.807, 2.05) is 32.0 Å². The fourth-order valence-corrected chi connectivity index (χ4v) is 3.19. The summed E-state index contributed by atoms with van der Waals surface area (Å²) in [6, 6.07) is 9.33. The molecule has 1 N–H and O–H groups in total. The molecule has 4 heteroatoms. The Hall–Kier alpha value is -2.88. The van der Waals surface area contributed by atoms with Crippen molar-refractivity contribution in [1.82, 2.24) is 0 Å². The molecule has 0 atom stereocenters. The van der Waals surface area contributed by atoms with Crippen molar-refractivity contribution in [3.63, 3.8) is 0 Å². The first-order valence-electron chi connectivity index (χ1n) is 7.21. The van der Waals surface area contributed by atoms with Crippen molar-refractivity contribution >= 4 is 17.5 Å². The standard InChI is InChI=1S/C19H16O4/c1-10-6-11(2)18-15(7-10)13-5-4-12(19(22)23-3)8-14(13)16(18)9-17(20)21/h4-9H,1-3H3,(H,20,21)/b16-9-. The average Bonchev–Trinajstić information content (AvgIpc) is 2.79. The second-order valence-corrected chi connectivity index (χ2v) is 5.65. The first-order valence-corrected chi connectivity index (χ1v) is 7.21. The molecule has 23 heavy (non-hydrogen) atoms. The van der Waals surface area contributed by atoms with Crippen LogP contribution in [0.1, 0.15) is 32.6 Å². The zero-order valence-electron chi connectivity index (χ0n) is 13.1. The maximum Gasteiger partial charge on any atom is 0.337 e. The summed E-state index contributed by atoms with van der Waals surface area (Å²) >= 11 is 0. The summed E-state index contributed by atoms with van der Waals surface area (Å²) in [7, 11) is 1.33. The lowest BCUT2D eigenvalue weighted by Gasteiger charge is -2.07. The summed E-state index contributed by atoms with van der Waals surface area (Å²) in [4.78, 5) is 23.0. The molecule has 0 unspecified atom stereocenters. The number of benzene rings is 2. The van der Waals surface area contributed by atoms with Gasteiger partial charge in [0, 0.05) is 6.08 Å². The lowest BCUT2D eigenvalue weighted by molar-refractivity contribution is -0.131. The number of rotatable bonds is 2. The highest BCUT2D eigenvalue weighted by molar-refractivity contribution is 6.08. The van der Waals surface area contributed by atoms with E-state index in [2.05, 4.69) is 0 Å². The molecular weight excluding hydrogens is 292 g/mol. The van der Waals surface area contributed by atoms with Crippen molar-refractivity contribution in [2.24, 2.45) is 0 Å². The number of hydrogen-bond donors (Lipinski definition) is 1.